The van der Waals surface area contributed by atoms with Gasteiger partial charge in [-0.2, -0.15) is 0 Å². The summed E-state index contributed by atoms with van der Waals surface area (Å²) >= 11 is 1.66. The summed E-state index contributed by atoms with van der Waals surface area (Å²) in [5.74, 6) is 0.250. The topological polar surface area (TPSA) is 70.7 Å². The van der Waals surface area contributed by atoms with Crippen molar-refractivity contribution in [3.8, 4) is 5.75 Å². The summed E-state index contributed by atoms with van der Waals surface area (Å²) in [7, 11) is 3.96. The van der Waals surface area contributed by atoms with E-state index in [1.165, 1.54) is 4.88 Å². The number of nitrogens with zero attached hydrogens (tertiary/aromatic N) is 1. The normalized spacial score (nSPS) is 11.9. The molecule has 0 saturated carbocycles. The summed E-state index contributed by atoms with van der Waals surface area (Å²) in [5.41, 5.74) is 0.500. The first kappa shape index (κ1) is 21.9. The van der Waals surface area contributed by atoms with Crippen LogP contribution < -0.4 is 15.4 Å². The Balaban J connectivity index is 1.76. The number of carbonyl (C=O) groups excluding carboxylic acids is 2. The number of hydrogen-bond donors (Lipinski definition) is 2. The lowest BCUT2D eigenvalue weighted by molar-refractivity contribution is -0.120. The van der Waals surface area contributed by atoms with Gasteiger partial charge in [0.25, 0.3) is 5.91 Å². The molecular formula is C21H29N3O3S. The van der Waals surface area contributed by atoms with Crippen molar-refractivity contribution in [2.45, 2.75) is 25.8 Å². The minimum absolute atomic E-state index is 0.0574. The molecule has 2 aromatic rings. The zero-order chi connectivity index (χ0) is 20.4. The van der Waals surface area contributed by atoms with Gasteiger partial charge in [0.05, 0.1) is 19.2 Å². The Labute approximate surface area is 170 Å². The average molecular weight is 404 g/mol. The molecule has 0 aliphatic heterocycles. The lowest BCUT2D eigenvalue weighted by atomic mass is 10.2. The second-order valence-corrected chi connectivity index (χ2v) is 7.69. The van der Waals surface area contributed by atoms with Crippen LogP contribution in [0.1, 0.15) is 41.0 Å². The Morgan fingerprint density at radius 3 is 2.50 bits per heavy atom. The third-order valence-electron chi connectivity index (χ3n) is 4.28. The van der Waals surface area contributed by atoms with Crippen LogP contribution in [-0.2, 0) is 4.79 Å². The van der Waals surface area contributed by atoms with Crippen molar-refractivity contribution in [2.75, 3.05) is 33.8 Å². The minimum atomic E-state index is -0.280. The predicted octanol–water partition coefficient (Wildman–Crippen LogP) is 3.08. The molecule has 2 amide bonds. The highest BCUT2D eigenvalue weighted by Crippen LogP contribution is 2.22. The second-order valence-electron chi connectivity index (χ2n) is 6.71. The van der Waals surface area contributed by atoms with E-state index in [0.717, 1.165) is 18.6 Å². The Morgan fingerprint density at radius 1 is 1.14 bits per heavy atom. The molecule has 0 radical (unpaired) electrons. The number of benzene rings is 1. The van der Waals surface area contributed by atoms with Gasteiger partial charge >= 0.3 is 0 Å². The van der Waals surface area contributed by atoms with E-state index in [0.29, 0.717) is 18.7 Å². The van der Waals surface area contributed by atoms with E-state index < -0.39 is 0 Å². The van der Waals surface area contributed by atoms with Crippen molar-refractivity contribution < 1.29 is 14.3 Å². The molecule has 1 aromatic carbocycles. The molecular weight excluding hydrogens is 374 g/mol. The minimum Gasteiger partial charge on any atom is -0.494 e. The zero-order valence-electron chi connectivity index (χ0n) is 16.7. The van der Waals surface area contributed by atoms with Crippen molar-refractivity contribution in [1.82, 2.24) is 15.5 Å². The summed E-state index contributed by atoms with van der Waals surface area (Å²) < 4.78 is 5.58. The van der Waals surface area contributed by atoms with Crippen LogP contribution in [0.5, 0.6) is 5.75 Å². The highest BCUT2D eigenvalue weighted by molar-refractivity contribution is 7.10. The molecule has 28 heavy (non-hydrogen) atoms. The van der Waals surface area contributed by atoms with Gasteiger partial charge in [0, 0.05) is 17.0 Å². The fraction of sp³-hybridized carbons (Fsp3) is 0.429. The molecule has 0 aliphatic carbocycles. The maximum Gasteiger partial charge on any atom is 0.251 e. The lowest BCUT2D eigenvalue weighted by Crippen LogP contribution is -2.40. The average Bonchev–Trinajstić information content (AvgIpc) is 3.21. The van der Waals surface area contributed by atoms with Gasteiger partial charge in [-0.3, -0.25) is 9.59 Å². The monoisotopic (exact) mass is 403 g/mol. The molecule has 7 heteroatoms. The van der Waals surface area contributed by atoms with Gasteiger partial charge in [-0.05, 0) is 56.2 Å². The first-order chi connectivity index (χ1) is 13.5. The van der Waals surface area contributed by atoms with Gasteiger partial charge < -0.3 is 20.3 Å². The number of hydrogen-bond acceptors (Lipinski definition) is 5. The largest absolute Gasteiger partial charge is 0.494 e. The Morgan fingerprint density at radius 2 is 1.89 bits per heavy atom. The van der Waals surface area contributed by atoms with Crippen LogP contribution in [0, 0.1) is 0 Å². The van der Waals surface area contributed by atoms with Crippen LogP contribution in [0.25, 0.3) is 0 Å². The summed E-state index contributed by atoms with van der Waals surface area (Å²) in [6.07, 6.45) is 2.07. The first-order valence-electron chi connectivity index (χ1n) is 9.48. The molecule has 1 aromatic heterocycles. The molecule has 6 nitrogen and oxygen atoms in total. The van der Waals surface area contributed by atoms with Gasteiger partial charge in [-0.1, -0.05) is 19.4 Å². The first-order valence-corrected chi connectivity index (χ1v) is 10.4. The van der Waals surface area contributed by atoms with E-state index in [1.807, 2.05) is 25.5 Å². The quantitative estimate of drug-likeness (QED) is 0.566. The Bertz CT molecular complexity index is 730. The molecule has 1 heterocycles. The van der Waals surface area contributed by atoms with E-state index in [1.54, 1.807) is 35.6 Å². The molecule has 152 valence electrons. The van der Waals surface area contributed by atoms with Crippen molar-refractivity contribution in [2.24, 2.45) is 0 Å². The fourth-order valence-electron chi connectivity index (χ4n) is 2.59. The number of carbonyl (C=O) groups is 2. The molecule has 0 spiro atoms. The van der Waals surface area contributed by atoms with Crippen LogP contribution in [0.2, 0.25) is 0 Å². The maximum absolute atomic E-state index is 12.2. The van der Waals surface area contributed by atoms with Gasteiger partial charge in [0.1, 0.15) is 5.75 Å². The Kier molecular flexibility index (Phi) is 8.97. The SMILES string of the molecule is CCCCOc1ccc(C(=O)NCC(=O)NC[C@@H](c2cccs2)N(C)C)cc1. The highest BCUT2D eigenvalue weighted by Gasteiger charge is 2.16. The predicted molar refractivity (Wildman–Crippen MR) is 113 cm³/mol. The molecule has 2 rings (SSSR count). The molecule has 0 fully saturated rings. The van der Waals surface area contributed by atoms with Crippen molar-refractivity contribution in [1.29, 1.82) is 0 Å². The van der Waals surface area contributed by atoms with Crippen LogP contribution in [-0.4, -0.2) is 50.5 Å². The van der Waals surface area contributed by atoms with Gasteiger partial charge in [-0.25, -0.2) is 0 Å². The molecule has 2 N–H and O–H groups in total. The Hall–Kier alpha value is -2.38. The van der Waals surface area contributed by atoms with Crippen molar-refractivity contribution in [3.63, 3.8) is 0 Å². The van der Waals surface area contributed by atoms with Crippen molar-refractivity contribution in [3.05, 3.63) is 52.2 Å². The summed E-state index contributed by atoms with van der Waals surface area (Å²) in [6, 6.07) is 11.1. The van der Waals surface area contributed by atoms with Gasteiger partial charge in [-0.15, -0.1) is 11.3 Å². The van der Waals surface area contributed by atoms with E-state index >= 15 is 0 Å². The van der Waals surface area contributed by atoms with Gasteiger partial charge in [0.2, 0.25) is 5.91 Å². The maximum atomic E-state index is 12.2. The smallest absolute Gasteiger partial charge is 0.251 e. The number of unbranched alkanes of at least 4 members (excludes halogenated alkanes) is 1. The number of nitrogens with one attached hydrogen (secondary N) is 2. The van der Waals surface area contributed by atoms with E-state index in [2.05, 4.69) is 28.5 Å². The number of thiophene rings is 1. The third kappa shape index (κ3) is 6.98. The van der Waals surface area contributed by atoms with Crippen LogP contribution in [0.15, 0.2) is 41.8 Å². The standard InChI is InChI=1S/C21H29N3O3S/c1-4-5-12-27-17-10-8-16(9-11-17)21(26)23-15-20(25)22-14-18(24(2)3)19-7-6-13-28-19/h6-11,13,18H,4-5,12,14-15H2,1-3H3,(H,22,25)(H,23,26)/t18-/m0/s1. The van der Waals surface area contributed by atoms with Crippen molar-refractivity contribution >= 4 is 23.2 Å². The fourth-order valence-corrected chi connectivity index (χ4v) is 3.51. The second kappa shape index (κ2) is 11.5. The molecule has 0 aliphatic rings. The molecule has 0 bridgehead atoms. The third-order valence-corrected chi connectivity index (χ3v) is 5.25. The summed E-state index contributed by atoms with van der Waals surface area (Å²) in [5, 5.41) is 7.57. The number of likely N-dealkylation sites (N-methyl/N-ethyl adjacent to an activating group) is 1. The van der Waals surface area contributed by atoms with E-state index in [4.69, 9.17) is 4.74 Å². The lowest BCUT2D eigenvalue weighted by Gasteiger charge is -2.23. The van der Waals surface area contributed by atoms with E-state index in [9.17, 15) is 9.59 Å². The molecule has 0 unspecified atom stereocenters. The van der Waals surface area contributed by atoms with Crippen LogP contribution >= 0.6 is 11.3 Å². The van der Waals surface area contributed by atoms with Crippen LogP contribution in [0.3, 0.4) is 0 Å². The highest BCUT2D eigenvalue weighted by atomic mass is 32.1. The zero-order valence-corrected chi connectivity index (χ0v) is 17.6. The number of ether oxygens (including phenoxy) is 1. The van der Waals surface area contributed by atoms with E-state index in [-0.39, 0.29) is 24.4 Å². The number of amides is 2. The summed E-state index contributed by atoms with van der Waals surface area (Å²) in [4.78, 5) is 27.6. The summed E-state index contributed by atoms with van der Waals surface area (Å²) in [6.45, 7) is 3.21. The van der Waals surface area contributed by atoms with Crippen LogP contribution in [0.4, 0.5) is 0 Å². The van der Waals surface area contributed by atoms with Gasteiger partial charge in [0.15, 0.2) is 0 Å². The number of rotatable bonds is 11. The molecule has 1 atom stereocenters. The molecule has 0 saturated heterocycles.